The second kappa shape index (κ2) is 10.1. The Kier molecular flexibility index (Phi) is 7.87. The van der Waals surface area contributed by atoms with Gasteiger partial charge in [-0.1, -0.05) is 35.3 Å². The molecule has 0 bridgehead atoms. The third-order valence-corrected chi connectivity index (χ3v) is 4.65. The number of halogens is 2. The van der Waals surface area contributed by atoms with Gasteiger partial charge in [-0.25, -0.2) is 9.80 Å². The number of carboxylic acid groups (broad SMARTS) is 1. The molecule has 9 heteroatoms. The van der Waals surface area contributed by atoms with Gasteiger partial charge in [0.05, 0.1) is 18.6 Å². The van der Waals surface area contributed by atoms with Crippen LogP contribution in [0.1, 0.15) is 18.1 Å². The van der Waals surface area contributed by atoms with Crippen molar-refractivity contribution in [1.82, 2.24) is 5.01 Å². The fourth-order valence-corrected chi connectivity index (χ4v) is 2.81. The predicted molar refractivity (Wildman–Crippen MR) is 111 cm³/mol. The first-order valence-electron chi connectivity index (χ1n) is 8.50. The molecule has 0 atom stereocenters. The van der Waals surface area contributed by atoms with Crippen LogP contribution in [0.25, 0.3) is 0 Å². The van der Waals surface area contributed by atoms with Gasteiger partial charge in [-0.15, -0.1) is 0 Å². The molecule has 2 aromatic carbocycles. The summed E-state index contributed by atoms with van der Waals surface area (Å²) in [5.74, 6) is -0.672. The monoisotopic (exact) mass is 438 g/mol. The lowest BCUT2D eigenvalue weighted by Crippen LogP contribution is -2.26. The van der Waals surface area contributed by atoms with Gasteiger partial charge < -0.3 is 14.6 Å². The van der Waals surface area contributed by atoms with E-state index in [1.54, 1.807) is 31.4 Å². The van der Waals surface area contributed by atoms with Crippen molar-refractivity contribution in [3.63, 3.8) is 0 Å². The highest BCUT2D eigenvalue weighted by atomic mass is 35.5. The number of amides is 1. The molecule has 0 heterocycles. The summed E-state index contributed by atoms with van der Waals surface area (Å²) in [5.41, 5.74) is 1.06. The first kappa shape index (κ1) is 22.5. The van der Waals surface area contributed by atoms with Crippen molar-refractivity contribution in [2.75, 3.05) is 14.2 Å². The van der Waals surface area contributed by atoms with Crippen LogP contribution in [0.5, 0.6) is 11.5 Å². The number of carbonyl (C=O) groups excluding carboxylic acids is 1. The number of hydrogen-bond acceptors (Lipinski definition) is 5. The predicted octanol–water partition coefficient (Wildman–Crippen LogP) is 4.04. The van der Waals surface area contributed by atoms with Crippen LogP contribution < -0.4 is 9.47 Å². The van der Waals surface area contributed by atoms with E-state index in [9.17, 15) is 9.59 Å². The molecular weight excluding hydrogens is 419 g/mol. The molecule has 2 rings (SSSR count). The zero-order valence-corrected chi connectivity index (χ0v) is 17.6. The average molecular weight is 439 g/mol. The highest BCUT2D eigenvalue weighted by Crippen LogP contribution is 2.35. The number of aliphatic carboxylic acids is 1. The number of ether oxygens (including phenoxy) is 2. The van der Waals surface area contributed by atoms with Gasteiger partial charge in [-0.05, 0) is 36.8 Å². The van der Waals surface area contributed by atoms with Gasteiger partial charge in [-0.2, -0.15) is 5.10 Å². The molecule has 0 aliphatic heterocycles. The molecule has 2 aromatic rings. The summed E-state index contributed by atoms with van der Waals surface area (Å²) < 4.78 is 11.0. The molecule has 0 aromatic heterocycles. The minimum absolute atomic E-state index is 0.162. The summed E-state index contributed by atoms with van der Waals surface area (Å²) in [7, 11) is 2.95. The van der Waals surface area contributed by atoms with Crippen LogP contribution in [0.4, 0.5) is 0 Å². The van der Waals surface area contributed by atoms with Crippen LogP contribution in [0.15, 0.2) is 41.5 Å². The first-order chi connectivity index (χ1) is 13.7. The maximum Gasteiger partial charge on any atom is 0.351 e. The van der Waals surface area contributed by atoms with Crippen LogP contribution >= 0.6 is 23.2 Å². The van der Waals surface area contributed by atoms with Crippen molar-refractivity contribution in [2.45, 2.75) is 20.0 Å². The highest BCUT2D eigenvalue weighted by molar-refractivity contribution is 6.35. The highest BCUT2D eigenvalue weighted by Gasteiger charge is 2.19. The third kappa shape index (κ3) is 6.10. The van der Waals surface area contributed by atoms with Crippen LogP contribution in [0.2, 0.25) is 10.0 Å². The maximum absolute atomic E-state index is 12.5. The normalized spacial score (nSPS) is 11.1. The van der Waals surface area contributed by atoms with Gasteiger partial charge >= 0.3 is 5.97 Å². The van der Waals surface area contributed by atoms with E-state index in [1.807, 2.05) is 12.1 Å². The average Bonchev–Trinajstić information content (AvgIpc) is 2.70. The fourth-order valence-electron chi connectivity index (χ4n) is 2.36. The fraction of sp³-hybridized carbons (Fsp3) is 0.250. The molecule has 0 saturated heterocycles. The number of benzene rings is 2. The molecule has 0 saturated carbocycles. The van der Waals surface area contributed by atoms with Gasteiger partial charge in [0.15, 0.2) is 0 Å². The van der Waals surface area contributed by atoms with E-state index in [0.717, 1.165) is 16.3 Å². The zero-order valence-electron chi connectivity index (χ0n) is 16.1. The van der Waals surface area contributed by atoms with E-state index in [-0.39, 0.29) is 24.5 Å². The molecule has 0 spiro atoms. The molecule has 29 heavy (non-hydrogen) atoms. The van der Waals surface area contributed by atoms with E-state index >= 15 is 0 Å². The van der Waals surface area contributed by atoms with Gasteiger partial charge in [0.1, 0.15) is 23.8 Å². The van der Waals surface area contributed by atoms with Crippen molar-refractivity contribution in [3.8, 4) is 11.5 Å². The molecule has 0 fully saturated rings. The molecule has 7 nitrogen and oxygen atoms in total. The molecule has 0 aliphatic carbocycles. The van der Waals surface area contributed by atoms with Crippen LogP contribution in [0.3, 0.4) is 0 Å². The molecule has 0 aliphatic rings. The quantitative estimate of drug-likeness (QED) is 0.496. The van der Waals surface area contributed by atoms with Crippen molar-refractivity contribution >= 4 is 40.8 Å². The van der Waals surface area contributed by atoms with E-state index in [0.29, 0.717) is 15.6 Å². The Balaban J connectivity index is 2.21. The summed E-state index contributed by atoms with van der Waals surface area (Å²) in [6.07, 6.45) is -0.162. The van der Waals surface area contributed by atoms with E-state index in [2.05, 4.69) is 5.10 Å². The molecular formula is C20H20Cl2N2O5. The smallest absolute Gasteiger partial charge is 0.351 e. The van der Waals surface area contributed by atoms with Gasteiger partial charge in [0.2, 0.25) is 5.91 Å². The lowest BCUT2D eigenvalue weighted by molar-refractivity contribution is -0.130. The lowest BCUT2D eigenvalue weighted by atomic mass is 10.1. The Morgan fingerprint density at radius 3 is 2.31 bits per heavy atom. The standard InChI is InChI=1S/C20H20Cl2N2O5/c1-12(20(26)27)23-24(2)18(25)10-15-16(21)8-9-17(22)19(15)29-11-13-4-6-14(28-3)7-5-13/h4-9H,10-11H2,1-3H3,(H,26,27)/b23-12-. The Morgan fingerprint density at radius 1 is 1.10 bits per heavy atom. The van der Waals surface area contributed by atoms with Crippen molar-refractivity contribution in [3.05, 3.63) is 57.6 Å². The summed E-state index contributed by atoms with van der Waals surface area (Å²) in [4.78, 5) is 23.4. The number of hydrazone groups is 1. The minimum Gasteiger partial charge on any atom is -0.497 e. The van der Waals surface area contributed by atoms with Gasteiger partial charge in [0.25, 0.3) is 0 Å². The summed E-state index contributed by atoms with van der Waals surface area (Å²) in [6.45, 7) is 1.50. The Morgan fingerprint density at radius 2 is 1.72 bits per heavy atom. The first-order valence-corrected chi connectivity index (χ1v) is 9.26. The SMILES string of the molecule is COc1ccc(COc2c(Cl)ccc(Cl)c2CC(=O)N(C)/N=C(/C)C(=O)O)cc1. The van der Waals surface area contributed by atoms with E-state index in [1.165, 1.54) is 14.0 Å². The van der Waals surface area contributed by atoms with Gasteiger partial charge in [0, 0.05) is 17.6 Å². The summed E-state index contributed by atoms with van der Waals surface area (Å²) in [6, 6.07) is 10.5. The van der Waals surface area contributed by atoms with Crippen molar-refractivity contribution in [1.29, 1.82) is 0 Å². The molecule has 1 amide bonds. The van der Waals surface area contributed by atoms with Crippen LogP contribution in [0, 0.1) is 0 Å². The summed E-state index contributed by atoms with van der Waals surface area (Å²) in [5, 5.41) is 14.2. The lowest BCUT2D eigenvalue weighted by Gasteiger charge is -2.17. The van der Waals surface area contributed by atoms with Gasteiger partial charge in [-0.3, -0.25) is 4.79 Å². The van der Waals surface area contributed by atoms with Crippen molar-refractivity contribution < 1.29 is 24.2 Å². The third-order valence-electron chi connectivity index (χ3n) is 4.00. The molecule has 154 valence electrons. The number of carboxylic acids is 1. The largest absolute Gasteiger partial charge is 0.497 e. The van der Waals surface area contributed by atoms with Crippen molar-refractivity contribution in [2.24, 2.45) is 5.10 Å². The van der Waals surface area contributed by atoms with Crippen LogP contribution in [-0.4, -0.2) is 41.9 Å². The maximum atomic E-state index is 12.5. The number of likely N-dealkylation sites (N-methyl/N-ethyl adjacent to an activating group) is 1. The molecule has 1 N–H and O–H groups in total. The Bertz CT molecular complexity index is 929. The summed E-state index contributed by atoms with van der Waals surface area (Å²) >= 11 is 12.5. The number of rotatable bonds is 8. The second-order valence-corrected chi connectivity index (χ2v) is 6.87. The number of carbonyl (C=O) groups is 2. The number of nitrogens with zero attached hydrogens (tertiary/aromatic N) is 2. The Labute approximate surface area is 178 Å². The minimum atomic E-state index is -1.21. The number of methoxy groups -OCH3 is 1. The Hall–Kier alpha value is -2.77. The van der Waals surface area contributed by atoms with E-state index < -0.39 is 11.9 Å². The molecule has 0 radical (unpaired) electrons. The second-order valence-electron chi connectivity index (χ2n) is 6.06. The number of hydrogen-bond donors (Lipinski definition) is 1. The molecule has 0 unspecified atom stereocenters. The topological polar surface area (TPSA) is 88.4 Å². The van der Waals surface area contributed by atoms with E-state index in [4.69, 9.17) is 37.8 Å². The van der Waals surface area contributed by atoms with Crippen LogP contribution in [-0.2, 0) is 22.6 Å². The zero-order chi connectivity index (χ0) is 21.6.